The summed E-state index contributed by atoms with van der Waals surface area (Å²) in [5.41, 5.74) is -0.699. The second kappa shape index (κ2) is 6.32. The van der Waals surface area contributed by atoms with Crippen LogP contribution in [0.25, 0.3) is 0 Å². The third kappa shape index (κ3) is 3.55. The van der Waals surface area contributed by atoms with Gasteiger partial charge in [0.2, 0.25) is 0 Å². The van der Waals surface area contributed by atoms with E-state index in [1.54, 1.807) is 0 Å². The highest BCUT2D eigenvalue weighted by molar-refractivity contribution is 7.90. The molecule has 2 heterocycles. The van der Waals surface area contributed by atoms with Gasteiger partial charge in [-0.25, -0.2) is 0 Å². The van der Waals surface area contributed by atoms with Crippen LogP contribution in [0.4, 0.5) is 18.9 Å². The maximum Gasteiger partial charge on any atom is 0.499 e. The van der Waals surface area contributed by atoms with Crippen LogP contribution >= 0.6 is 0 Å². The molecule has 2 rings (SSSR count). The number of halogens is 3. The van der Waals surface area contributed by atoms with E-state index >= 15 is 0 Å². The van der Waals surface area contributed by atoms with Crippen molar-refractivity contribution in [2.45, 2.75) is 31.6 Å². The van der Waals surface area contributed by atoms with Crippen molar-refractivity contribution < 1.29 is 31.5 Å². The molecule has 1 aromatic rings. The lowest BCUT2D eigenvalue weighted by Crippen LogP contribution is -2.57. The first-order chi connectivity index (χ1) is 10.7. The van der Waals surface area contributed by atoms with Crippen molar-refractivity contribution in [2.24, 2.45) is 0 Å². The van der Waals surface area contributed by atoms with Crippen molar-refractivity contribution in [3.8, 4) is 0 Å². The zero-order chi connectivity index (χ0) is 17.3. The van der Waals surface area contributed by atoms with E-state index in [0.717, 1.165) is 18.3 Å². The SMILES string of the molecule is O=C(O)C1CCCCN1S(=O)(=O)N(c1cccnc1)C(F)(F)F. The van der Waals surface area contributed by atoms with Crippen LogP contribution in [0.5, 0.6) is 0 Å². The summed E-state index contributed by atoms with van der Waals surface area (Å²) in [6.45, 7) is -0.286. The molecule has 1 saturated heterocycles. The van der Waals surface area contributed by atoms with Crippen molar-refractivity contribution in [2.75, 3.05) is 10.8 Å². The van der Waals surface area contributed by atoms with Crippen LogP contribution < -0.4 is 4.31 Å². The smallest absolute Gasteiger partial charge is 0.480 e. The van der Waals surface area contributed by atoms with Crippen LogP contribution in [0.3, 0.4) is 0 Å². The zero-order valence-electron chi connectivity index (χ0n) is 11.8. The number of carboxylic acids is 1. The number of carboxylic acid groups (broad SMARTS) is 1. The minimum atomic E-state index is -5.25. The van der Waals surface area contributed by atoms with Crippen molar-refractivity contribution in [1.29, 1.82) is 0 Å². The van der Waals surface area contributed by atoms with E-state index in [1.807, 2.05) is 0 Å². The Kier molecular flexibility index (Phi) is 4.80. The normalized spacial score (nSPS) is 20.2. The molecule has 0 aromatic carbocycles. The largest absolute Gasteiger partial charge is 0.499 e. The van der Waals surface area contributed by atoms with E-state index in [2.05, 4.69) is 4.98 Å². The third-order valence-electron chi connectivity index (χ3n) is 3.38. The molecule has 0 saturated carbocycles. The Hall–Kier alpha value is -1.88. The van der Waals surface area contributed by atoms with Gasteiger partial charge in [0.25, 0.3) is 0 Å². The number of aromatic nitrogens is 1. The molecule has 1 aliphatic rings. The Bertz CT molecular complexity index is 666. The van der Waals surface area contributed by atoms with E-state index in [1.165, 1.54) is 6.20 Å². The molecular formula is C12H14F3N3O4S. The first-order valence-corrected chi connectivity index (χ1v) is 8.07. The summed E-state index contributed by atoms with van der Waals surface area (Å²) in [7, 11) is -5.11. The van der Waals surface area contributed by atoms with Crippen LogP contribution in [0.1, 0.15) is 19.3 Å². The molecule has 1 N–H and O–H groups in total. The molecule has 11 heteroatoms. The summed E-state index contributed by atoms with van der Waals surface area (Å²) >= 11 is 0. The molecule has 0 amide bonds. The average molecular weight is 353 g/mol. The van der Waals surface area contributed by atoms with Crippen molar-refractivity contribution in [3.05, 3.63) is 24.5 Å². The number of aliphatic carboxylic acids is 1. The Balaban J connectivity index is 2.50. The van der Waals surface area contributed by atoms with E-state index in [9.17, 15) is 26.4 Å². The maximum atomic E-state index is 13.3. The lowest BCUT2D eigenvalue weighted by molar-refractivity contribution is -0.142. The fourth-order valence-corrected chi connectivity index (χ4v) is 4.14. The van der Waals surface area contributed by atoms with Crippen molar-refractivity contribution in [1.82, 2.24) is 9.29 Å². The molecule has 0 spiro atoms. The topological polar surface area (TPSA) is 90.8 Å². The second-order valence-electron chi connectivity index (χ2n) is 4.91. The predicted octanol–water partition coefficient (Wildman–Crippen LogP) is 1.59. The number of alkyl halides is 3. The lowest BCUT2D eigenvalue weighted by Gasteiger charge is -2.36. The molecule has 128 valence electrons. The van der Waals surface area contributed by atoms with Gasteiger partial charge in [0.15, 0.2) is 0 Å². The molecule has 1 aromatic heterocycles. The highest BCUT2D eigenvalue weighted by Gasteiger charge is 2.51. The molecule has 23 heavy (non-hydrogen) atoms. The Morgan fingerprint density at radius 1 is 1.39 bits per heavy atom. The van der Waals surface area contributed by atoms with Gasteiger partial charge in [0, 0.05) is 12.7 Å². The van der Waals surface area contributed by atoms with Gasteiger partial charge in [-0.05, 0) is 31.4 Å². The quantitative estimate of drug-likeness (QED) is 0.830. The fraction of sp³-hybridized carbons (Fsp3) is 0.500. The molecule has 7 nitrogen and oxygen atoms in total. The molecule has 0 bridgehead atoms. The Labute approximate surface area is 130 Å². The standard InChI is InChI=1S/C12H14F3N3O4S/c13-12(14,15)18(9-4-3-6-16-8-9)23(21,22)17-7-2-1-5-10(17)11(19)20/h3-4,6,8,10H,1-2,5,7H2,(H,19,20). The van der Waals surface area contributed by atoms with Crippen LogP contribution in [-0.4, -0.2) is 47.7 Å². The summed E-state index contributed by atoms with van der Waals surface area (Å²) in [5.74, 6) is -1.47. The summed E-state index contributed by atoms with van der Waals surface area (Å²) in [5, 5.41) is 9.11. The Morgan fingerprint density at radius 3 is 2.61 bits per heavy atom. The molecule has 1 atom stereocenters. The highest BCUT2D eigenvalue weighted by Crippen LogP contribution is 2.34. The van der Waals surface area contributed by atoms with Gasteiger partial charge in [-0.1, -0.05) is 0 Å². The summed E-state index contributed by atoms with van der Waals surface area (Å²) in [4.78, 5) is 14.7. The molecular weight excluding hydrogens is 339 g/mol. The van der Waals surface area contributed by atoms with Crippen molar-refractivity contribution in [3.63, 3.8) is 0 Å². The average Bonchev–Trinajstić information content (AvgIpc) is 2.46. The predicted molar refractivity (Wildman–Crippen MR) is 73.7 cm³/mol. The van der Waals surface area contributed by atoms with Crippen LogP contribution in [0, 0.1) is 0 Å². The Morgan fingerprint density at radius 2 is 2.09 bits per heavy atom. The minimum absolute atomic E-state index is 0.0344. The van der Waals surface area contributed by atoms with Gasteiger partial charge in [0.05, 0.1) is 11.9 Å². The number of anilines is 1. The number of pyridine rings is 1. The third-order valence-corrected chi connectivity index (χ3v) is 5.29. The molecule has 1 unspecified atom stereocenters. The van der Waals surface area contributed by atoms with Crippen molar-refractivity contribution >= 4 is 21.9 Å². The van der Waals surface area contributed by atoms with E-state index in [-0.39, 0.29) is 13.0 Å². The molecule has 0 aliphatic carbocycles. The fourth-order valence-electron chi connectivity index (χ4n) is 2.42. The van der Waals surface area contributed by atoms with E-state index < -0.39 is 38.5 Å². The van der Waals surface area contributed by atoms with Gasteiger partial charge in [-0.2, -0.15) is 17.0 Å². The highest BCUT2D eigenvalue weighted by atomic mass is 32.2. The number of nitrogens with zero attached hydrogens (tertiary/aromatic N) is 3. The first-order valence-electron chi connectivity index (χ1n) is 6.67. The summed E-state index contributed by atoms with van der Waals surface area (Å²) < 4.78 is 64.6. The van der Waals surface area contributed by atoms with Crippen LogP contribution in [0.2, 0.25) is 0 Å². The first kappa shape index (κ1) is 17.5. The summed E-state index contributed by atoms with van der Waals surface area (Å²) in [6.07, 6.45) is -2.60. The van der Waals surface area contributed by atoms with Crippen LogP contribution in [0.15, 0.2) is 24.5 Å². The monoisotopic (exact) mass is 353 g/mol. The minimum Gasteiger partial charge on any atom is -0.480 e. The molecule has 1 fully saturated rings. The lowest BCUT2D eigenvalue weighted by atomic mass is 10.1. The van der Waals surface area contributed by atoms with Gasteiger partial charge in [-0.3, -0.25) is 9.78 Å². The molecule has 1 aliphatic heterocycles. The number of rotatable bonds is 4. The number of hydrogen-bond donors (Lipinski definition) is 1. The number of carbonyl (C=O) groups is 1. The number of piperidine rings is 1. The van der Waals surface area contributed by atoms with E-state index in [0.29, 0.717) is 17.1 Å². The molecule has 0 radical (unpaired) electrons. The maximum absolute atomic E-state index is 13.3. The van der Waals surface area contributed by atoms with E-state index in [4.69, 9.17) is 5.11 Å². The van der Waals surface area contributed by atoms with Gasteiger partial charge in [0.1, 0.15) is 6.04 Å². The van der Waals surface area contributed by atoms with Gasteiger partial charge >= 0.3 is 22.5 Å². The second-order valence-corrected chi connectivity index (χ2v) is 6.64. The zero-order valence-corrected chi connectivity index (χ0v) is 12.6. The van der Waals surface area contributed by atoms with Gasteiger partial charge in [-0.15, -0.1) is 13.2 Å². The van der Waals surface area contributed by atoms with Crippen LogP contribution in [-0.2, 0) is 15.0 Å². The van der Waals surface area contributed by atoms with Gasteiger partial charge < -0.3 is 5.11 Å². The number of hydrogen-bond acceptors (Lipinski definition) is 4. The summed E-state index contributed by atoms with van der Waals surface area (Å²) in [6, 6.07) is 0.585.